The fourth-order valence-electron chi connectivity index (χ4n) is 2.54. The average Bonchev–Trinajstić information content (AvgIpc) is 3.44. The predicted molar refractivity (Wildman–Crippen MR) is 107 cm³/mol. The molecule has 0 heterocycles. The van der Waals surface area contributed by atoms with Crippen LogP contribution in [-0.2, 0) is 4.79 Å². The van der Waals surface area contributed by atoms with Gasteiger partial charge in [-0.2, -0.15) is 0 Å². The number of amides is 2. The first-order valence-corrected chi connectivity index (χ1v) is 9.61. The van der Waals surface area contributed by atoms with Crippen LogP contribution in [0.4, 0.5) is 11.4 Å². The molecule has 2 aromatic carbocycles. The fourth-order valence-corrected chi connectivity index (χ4v) is 3.26. The summed E-state index contributed by atoms with van der Waals surface area (Å²) in [6.07, 6.45) is 2.08. The van der Waals surface area contributed by atoms with Crippen molar-refractivity contribution in [1.82, 2.24) is 5.32 Å². The highest BCUT2D eigenvalue weighted by molar-refractivity contribution is 8.00. The lowest BCUT2D eigenvalue weighted by atomic mass is 10.1. The van der Waals surface area contributed by atoms with Gasteiger partial charge in [0.2, 0.25) is 5.91 Å². The molecule has 0 radical (unpaired) electrons. The number of carbonyl (C=O) groups excluding carboxylic acids is 2. The first-order chi connectivity index (χ1) is 12.5. The van der Waals surface area contributed by atoms with Gasteiger partial charge in [-0.25, -0.2) is 0 Å². The molecule has 6 heteroatoms. The van der Waals surface area contributed by atoms with Crippen molar-refractivity contribution < 1.29 is 9.59 Å². The van der Waals surface area contributed by atoms with Crippen molar-refractivity contribution in [3.8, 4) is 0 Å². The zero-order valence-corrected chi connectivity index (χ0v) is 15.8. The van der Waals surface area contributed by atoms with E-state index in [1.165, 1.54) is 11.8 Å². The van der Waals surface area contributed by atoms with Gasteiger partial charge in [-0.05, 0) is 43.2 Å². The Balaban J connectivity index is 1.66. The molecule has 0 aliphatic heterocycles. The van der Waals surface area contributed by atoms with Crippen molar-refractivity contribution in [2.45, 2.75) is 23.8 Å². The van der Waals surface area contributed by atoms with Crippen molar-refractivity contribution in [2.24, 2.45) is 0 Å². The van der Waals surface area contributed by atoms with Crippen LogP contribution in [0.25, 0.3) is 0 Å². The number of nitrogens with one attached hydrogen (secondary N) is 2. The van der Waals surface area contributed by atoms with Crippen LogP contribution in [0, 0.1) is 0 Å². The van der Waals surface area contributed by atoms with E-state index in [1.807, 2.05) is 61.5 Å². The lowest BCUT2D eigenvalue weighted by Gasteiger charge is -2.18. The second-order valence-electron chi connectivity index (χ2n) is 6.52. The van der Waals surface area contributed by atoms with E-state index in [-0.39, 0.29) is 17.9 Å². The van der Waals surface area contributed by atoms with Gasteiger partial charge in [0.05, 0.1) is 11.3 Å². The quantitative estimate of drug-likeness (QED) is 0.735. The lowest BCUT2D eigenvalue weighted by Crippen LogP contribution is -2.27. The van der Waals surface area contributed by atoms with Crippen LogP contribution in [0.15, 0.2) is 53.4 Å². The number of carbonyl (C=O) groups is 2. The number of hydrogen-bond donors (Lipinski definition) is 2. The van der Waals surface area contributed by atoms with E-state index < -0.39 is 0 Å². The van der Waals surface area contributed by atoms with Gasteiger partial charge >= 0.3 is 0 Å². The number of benzene rings is 2. The molecule has 136 valence electrons. The molecule has 2 aromatic rings. The summed E-state index contributed by atoms with van der Waals surface area (Å²) in [6.45, 7) is 0. The zero-order valence-electron chi connectivity index (χ0n) is 15.0. The molecule has 1 aliphatic carbocycles. The molecule has 0 atom stereocenters. The van der Waals surface area contributed by atoms with Crippen molar-refractivity contribution in [1.29, 1.82) is 0 Å². The summed E-state index contributed by atoms with van der Waals surface area (Å²) in [6, 6.07) is 15.5. The monoisotopic (exact) mass is 369 g/mol. The molecule has 0 unspecified atom stereocenters. The summed E-state index contributed by atoms with van der Waals surface area (Å²) in [4.78, 5) is 27.7. The zero-order chi connectivity index (χ0) is 18.5. The molecule has 1 saturated carbocycles. The molecule has 3 rings (SSSR count). The standard InChI is InChI=1S/C20H23N3O2S/c1-23(2)18-11-10-15(12-17(18)20(25)22-14-8-9-14)21-19(24)13-26-16-6-4-3-5-7-16/h3-7,10-12,14H,8-9,13H2,1-2H3,(H,21,24)(H,22,25). The number of thioether (sulfide) groups is 1. The average molecular weight is 369 g/mol. The van der Waals surface area contributed by atoms with Crippen molar-refractivity contribution in [2.75, 3.05) is 30.1 Å². The minimum atomic E-state index is -0.0926. The highest BCUT2D eigenvalue weighted by Crippen LogP contribution is 2.26. The SMILES string of the molecule is CN(C)c1ccc(NC(=O)CSc2ccccc2)cc1C(=O)NC1CC1. The first-order valence-electron chi connectivity index (χ1n) is 8.63. The molecule has 0 spiro atoms. The minimum Gasteiger partial charge on any atom is -0.377 e. The summed E-state index contributed by atoms with van der Waals surface area (Å²) >= 11 is 1.48. The lowest BCUT2D eigenvalue weighted by molar-refractivity contribution is -0.113. The molecule has 0 bridgehead atoms. The summed E-state index contributed by atoms with van der Waals surface area (Å²) < 4.78 is 0. The van der Waals surface area contributed by atoms with Gasteiger partial charge in [-0.1, -0.05) is 18.2 Å². The molecule has 26 heavy (non-hydrogen) atoms. The van der Waals surface area contributed by atoms with Crippen LogP contribution in [0.2, 0.25) is 0 Å². The number of anilines is 2. The van der Waals surface area contributed by atoms with E-state index in [2.05, 4.69) is 10.6 Å². The van der Waals surface area contributed by atoms with Crippen LogP contribution in [0.1, 0.15) is 23.2 Å². The van der Waals surface area contributed by atoms with Gasteiger partial charge < -0.3 is 15.5 Å². The van der Waals surface area contributed by atoms with Crippen LogP contribution in [0.5, 0.6) is 0 Å². The molecule has 1 aliphatic rings. The Bertz CT molecular complexity index is 789. The van der Waals surface area contributed by atoms with Gasteiger partial charge in [0.15, 0.2) is 0 Å². The third-order valence-corrected chi connectivity index (χ3v) is 5.04. The van der Waals surface area contributed by atoms with Gasteiger partial charge in [0, 0.05) is 36.4 Å². The maximum Gasteiger partial charge on any atom is 0.253 e. The fraction of sp³-hybridized carbons (Fsp3) is 0.300. The summed E-state index contributed by atoms with van der Waals surface area (Å²) in [5.74, 6) is 0.138. The Labute approximate surface area is 158 Å². The van der Waals surface area contributed by atoms with Crippen molar-refractivity contribution in [3.63, 3.8) is 0 Å². The maximum absolute atomic E-state index is 12.5. The van der Waals surface area contributed by atoms with Gasteiger partial charge in [-0.15, -0.1) is 11.8 Å². The van der Waals surface area contributed by atoms with E-state index >= 15 is 0 Å². The molecule has 0 saturated heterocycles. The number of nitrogens with zero attached hydrogens (tertiary/aromatic N) is 1. The van der Waals surface area contributed by atoms with E-state index in [0.29, 0.717) is 17.0 Å². The summed E-state index contributed by atoms with van der Waals surface area (Å²) in [5, 5.41) is 5.89. The van der Waals surface area contributed by atoms with E-state index in [4.69, 9.17) is 0 Å². The third-order valence-electron chi connectivity index (χ3n) is 4.03. The smallest absolute Gasteiger partial charge is 0.253 e. The van der Waals surface area contributed by atoms with Gasteiger partial charge in [-0.3, -0.25) is 9.59 Å². The van der Waals surface area contributed by atoms with Crippen LogP contribution < -0.4 is 15.5 Å². The van der Waals surface area contributed by atoms with Gasteiger partial charge in [0.1, 0.15) is 0 Å². The Morgan fingerprint density at radius 1 is 1.12 bits per heavy atom. The summed E-state index contributed by atoms with van der Waals surface area (Å²) in [7, 11) is 3.80. The summed E-state index contributed by atoms with van der Waals surface area (Å²) in [5.41, 5.74) is 2.05. The second-order valence-corrected chi connectivity index (χ2v) is 7.57. The number of hydrogen-bond acceptors (Lipinski definition) is 4. The number of rotatable bonds is 7. The Kier molecular flexibility index (Phi) is 5.83. The third kappa shape index (κ3) is 5.02. The van der Waals surface area contributed by atoms with Crippen molar-refractivity contribution >= 4 is 35.0 Å². The highest BCUT2D eigenvalue weighted by Gasteiger charge is 2.25. The Hall–Kier alpha value is -2.47. The second kappa shape index (κ2) is 8.27. The molecular weight excluding hydrogens is 346 g/mol. The molecule has 1 fully saturated rings. The van der Waals surface area contributed by atoms with Crippen LogP contribution in [-0.4, -0.2) is 37.7 Å². The molecule has 5 nitrogen and oxygen atoms in total. The van der Waals surface area contributed by atoms with Crippen LogP contribution >= 0.6 is 11.8 Å². The molecule has 0 aromatic heterocycles. The van der Waals surface area contributed by atoms with Crippen LogP contribution in [0.3, 0.4) is 0 Å². The first kappa shape index (κ1) is 18.3. The van der Waals surface area contributed by atoms with Gasteiger partial charge in [0.25, 0.3) is 5.91 Å². The van der Waals surface area contributed by atoms with E-state index in [9.17, 15) is 9.59 Å². The highest BCUT2D eigenvalue weighted by atomic mass is 32.2. The maximum atomic E-state index is 12.5. The van der Waals surface area contributed by atoms with E-state index in [1.54, 1.807) is 6.07 Å². The van der Waals surface area contributed by atoms with E-state index in [0.717, 1.165) is 23.4 Å². The Morgan fingerprint density at radius 2 is 1.85 bits per heavy atom. The minimum absolute atomic E-state index is 0.0917. The topological polar surface area (TPSA) is 61.4 Å². The molecule has 2 N–H and O–H groups in total. The Morgan fingerprint density at radius 3 is 2.50 bits per heavy atom. The molecule has 2 amide bonds. The predicted octanol–water partition coefficient (Wildman–Crippen LogP) is 3.38. The largest absolute Gasteiger partial charge is 0.377 e. The van der Waals surface area contributed by atoms with Crippen molar-refractivity contribution in [3.05, 3.63) is 54.1 Å². The molecular formula is C20H23N3O2S. The normalized spacial score (nSPS) is 13.2.